The van der Waals surface area contributed by atoms with Crippen LogP contribution in [0.2, 0.25) is 0 Å². The molecule has 0 aliphatic rings. The van der Waals surface area contributed by atoms with Crippen LogP contribution in [0.5, 0.6) is 0 Å². The van der Waals surface area contributed by atoms with E-state index in [0.717, 1.165) is 0 Å². The van der Waals surface area contributed by atoms with Gasteiger partial charge in [-0.15, -0.1) is 0 Å². The second-order valence-corrected chi connectivity index (χ2v) is 3.54. The summed E-state index contributed by atoms with van der Waals surface area (Å²) in [6.07, 6.45) is -4.57. The zero-order valence-corrected chi connectivity index (χ0v) is 8.38. The lowest BCUT2D eigenvalue weighted by molar-refractivity contribution is -0.146. The molecule has 7 heteroatoms. The van der Waals surface area contributed by atoms with Crippen LogP contribution in [0.3, 0.4) is 0 Å². The van der Waals surface area contributed by atoms with Crippen LogP contribution in [0.1, 0.15) is 31.5 Å². The lowest BCUT2D eigenvalue weighted by atomic mass is 9.96. The molecule has 2 N–H and O–H groups in total. The highest BCUT2D eigenvalue weighted by molar-refractivity contribution is 4.98. The molecule has 1 aromatic heterocycles. The van der Waals surface area contributed by atoms with E-state index in [1.165, 1.54) is 0 Å². The molecule has 1 rings (SSSR count). The van der Waals surface area contributed by atoms with E-state index < -0.39 is 12.0 Å². The molecular formula is C8H12F3N3O. The lowest BCUT2D eigenvalue weighted by Gasteiger charge is -2.13. The highest BCUT2D eigenvalue weighted by Gasteiger charge is 2.38. The topological polar surface area (TPSA) is 64.9 Å². The molecule has 86 valence electrons. The van der Waals surface area contributed by atoms with E-state index in [1.807, 2.05) is 13.8 Å². The van der Waals surface area contributed by atoms with Gasteiger partial charge in [0.05, 0.1) is 5.92 Å². The highest BCUT2D eigenvalue weighted by atomic mass is 19.4. The fraction of sp³-hybridized carbons (Fsp3) is 0.750. The number of hydrogen-bond donors (Lipinski definition) is 1. The van der Waals surface area contributed by atoms with Crippen LogP contribution >= 0.6 is 0 Å². The number of alkyl halides is 3. The molecule has 4 nitrogen and oxygen atoms in total. The first kappa shape index (κ1) is 12.0. The van der Waals surface area contributed by atoms with Crippen molar-refractivity contribution in [2.45, 2.75) is 25.9 Å². The minimum Gasteiger partial charge on any atom is -0.339 e. The first-order valence-electron chi connectivity index (χ1n) is 4.47. The molecule has 0 aliphatic carbocycles. The number of nitrogens with zero attached hydrogens (tertiary/aromatic N) is 2. The highest BCUT2D eigenvalue weighted by Crippen LogP contribution is 2.29. The summed E-state index contributed by atoms with van der Waals surface area (Å²) in [5.41, 5.74) is 5.42. The second-order valence-electron chi connectivity index (χ2n) is 3.54. The summed E-state index contributed by atoms with van der Waals surface area (Å²) in [7, 11) is 0. The van der Waals surface area contributed by atoms with Crippen LogP contribution in [-0.2, 0) is 6.18 Å². The summed E-state index contributed by atoms with van der Waals surface area (Å²) in [5.74, 6) is -1.60. The van der Waals surface area contributed by atoms with Gasteiger partial charge in [0.1, 0.15) is 0 Å². The lowest BCUT2D eigenvalue weighted by Crippen LogP contribution is -2.18. The van der Waals surface area contributed by atoms with Crippen molar-refractivity contribution in [2.24, 2.45) is 11.7 Å². The van der Waals surface area contributed by atoms with E-state index in [-0.39, 0.29) is 24.3 Å². The van der Waals surface area contributed by atoms with Gasteiger partial charge in [0.2, 0.25) is 5.89 Å². The average molecular weight is 223 g/mol. The van der Waals surface area contributed by atoms with Crippen LogP contribution in [-0.4, -0.2) is 16.7 Å². The molecule has 0 fully saturated rings. The van der Waals surface area contributed by atoms with Gasteiger partial charge in [-0.1, -0.05) is 19.0 Å². The zero-order chi connectivity index (χ0) is 11.6. The van der Waals surface area contributed by atoms with E-state index >= 15 is 0 Å². The molecule has 1 unspecified atom stereocenters. The second kappa shape index (κ2) is 4.18. The quantitative estimate of drug-likeness (QED) is 0.848. The van der Waals surface area contributed by atoms with Crippen LogP contribution in [0.4, 0.5) is 13.2 Å². The van der Waals surface area contributed by atoms with Crippen molar-refractivity contribution in [1.29, 1.82) is 0 Å². The first-order valence-corrected chi connectivity index (χ1v) is 4.47. The maximum atomic E-state index is 12.2. The summed E-state index contributed by atoms with van der Waals surface area (Å²) in [6.45, 7) is 3.83. The summed E-state index contributed by atoms with van der Waals surface area (Å²) >= 11 is 0. The molecule has 0 saturated carbocycles. The standard InChI is InChI=1S/C8H12F3N3O/c1-4(2)5(3-12)6-13-7(14-15-6)8(9,10)11/h4-5H,3,12H2,1-2H3. The van der Waals surface area contributed by atoms with E-state index in [2.05, 4.69) is 14.7 Å². The molecule has 1 aromatic rings. The van der Waals surface area contributed by atoms with E-state index in [4.69, 9.17) is 5.73 Å². The Hall–Kier alpha value is -1.11. The minimum absolute atomic E-state index is 0.0523. The van der Waals surface area contributed by atoms with Gasteiger partial charge in [0, 0.05) is 6.54 Å². The monoisotopic (exact) mass is 223 g/mol. The van der Waals surface area contributed by atoms with Gasteiger partial charge >= 0.3 is 6.18 Å². The molecule has 15 heavy (non-hydrogen) atoms. The fourth-order valence-corrected chi connectivity index (χ4v) is 1.16. The van der Waals surface area contributed by atoms with Gasteiger partial charge in [0.15, 0.2) is 0 Å². The van der Waals surface area contributed by atoms with Gasteiger partial charge in [-0.3, -0.25) is 0 Å². The van der Waals surface area contributed by atoms with Crippen molar-refractivity contribution in [3.63, 3.8) is 0 Å². The molecule has 1 heterocycles. The molecule has 0 radical (unpaired) electrons. The van der Waals surface area contributed by atoms with Gasteiger partial charge in [0.25, 0.3) is 5.82 Å². The normalized spacial score (nSPS) is 14.6. The van der Waals surface area contributed by atoms with E-state index in [9.17, 15) is 13.2 Å². The molecular weight excluding hydrogens is 211 g/mol. The Morgan fingerprint density at radius 3 is 2.33 bits per heavy atom. The van der Waals surface area contributed by atoms with Crippen molar-refractivity contribution in [3.05, 3.63) is 11.7 Å². The smallest absolute Gasteiger partial charge is 0.339 e. The zero-order valence-electron chi connectivity index (χ0n) is 8.38. The van der Waals surface area contributed by atoms with Crippen LogP contribution < -0.4 is 5.73 Å². The van der Waals surface area contributed by atoms with E-state index in [0.29, 0.717) is 0 Å². The van der Waals surface area contributed by atoms with Crippen molar-refractivity contribution in [1.82, 2.24) is 10.1 Å². The molecule has 1 atom stereocenters. The SMILES string of the molecule is CC(C)C(CN)c1nc(C(F)(F)F)no1. The summed E-state index contributed by atoms with van der Waals surface area (Å²) < 4.78 is 41.0. The molecule has 0 spiro atoms. The Morgan fingerprint density at radius 2 is 2.00 bits per heavy atom. The van der Waals surface area contributed by atoms with Crippen molar-refractivity contribution >= 4 is 0 Å². The predicted octanol–water partition coefficient (Wildman–Crippen LogP) is 1.79. The Bertz CT molecular complexity index is 321. The summed E-state index contributed by atoms with van der Waals surface area (Å²) in [6, 6.07) is 0. The van der Waals surface area contributed by atoms with Crippen molar-refractivity contribution < 1.29 is 17.7 Å². The summed E-state index contributed by atoms with van der Waals surface area (Å²) in [4.78, 5) is 3.29. The molecule has 0 saturated heterocycles. The number of rotatable bonds is 3. The van der Waals surface area contributed by atoms with Gasteiger partial charge < -0.3 is 10.3 Å². The predicted molar refractivity (Wildman–Crippen MR) is 45.9 cm³/mol. The number of aromatic nitrogens is 2. The van der Waals surface area contributed by atoms with Crippen molar-refractivity contribution in [2.75, 3.05) is 6.54 Å². The minimum atomic E-state index is -4.57. The first-order chi connectivity index (χ1) is 6.86. The van der Waals surface area contributed by atoms with Gasteiger partial charge in [-0.05, 0) is 5.92 Å². The maximum Gasteiger partial charge on any atom is 0.455 e. The fourth-order valence-electron chi connectivity index (χ4n) is 1.16. The number of halogens is 3. The largest absolute Gasteiger partial charge is 0.455 e. The molecule has 0 bridgehead atoms. The van der Waals surface area contributed by atoms with Crippen LogP contribution in [0, 0.1) is 5.92 Å². The number of hydrogen-bond acceptors (Lipinski definition) is 4. The molecule has 0 aromatic carbocycles. The Morgan fingerprint density at radius 1 is 1.40 bits per heavy atom. The third kappa shape index (κ3) is 2.68. The Kier molecular flexibility index (Phi) is 3.33. The van der Waals surface area contributed by atoms with Gasteiger partial charge in [-0.2, -0.15) is 18.2 Å². The number of nitrogens with two attached hydrogens (primary N) is 1. The van der Waals surface area contributed by atoms with Crippen LogP contribution in [0.25, 0.3) is 0 Å². The Labute approximate surface area is 84.6 Å². The third-order valence-electron chi connectivity index (χ3n) is 2.07. The van der Waals surface area contributed by atoms with Gasteiger partial charge in [-0.25, -0.2) is 0 Å². The maximum absolute atomic E-state index is 12.2. The van der Waals surface area contributed by atoms with Crippen molar-refractivity contribution in [3.8, 4) is 0 Å². The third-order valence-corrected chi connectivity index (χ3v) is 2.07. The molecule has 0 amide bonds. The van der Waals surface area contributed by atoms with Crippen LogP contribution in [0.15, 0.2) is 4.52 Å². The summed E-state index contributed by atoms with van der Waals surface area (Å²) in [5, 5.41) is 2.87. The van der Waals surface area contributed by atoms with E-state index in [1.54, 1.807) is 0 Å². The average Bonchev–Trinajstić information content (AvgIpc) is 2.52. The Balaban J connectivity index is 2.92. The molecule has 0 aliphatic heterocycles.